The lowest BCUT2D eigenvalue weighted by molar-refractivity contribution is 0.348. The summed E-state index contributed by atoms with van der Waals surface area (Å²) in [7, 11) is 4.86. The minimum atomic E-state index is 0.452. The molecule has 21 heavy (non-hydrogen) atoms. The van der Waals surface area contributed by atoms with Gasteiger partial charge in [-0.25, -0.2) is 0 Å². The summed E-state index contributed by atoms with van der Waals surface area (Å²) in [6, 6.07) is 4.14. The van der Waals surface area contributed by atoms with E-state index in [2.05, 4.69) is 5.32 Å². The van der Waals surface area contributed by atoms with Crippen LogP contribution >= 0.6 is 12.2 Å². The van der Waals surface area contributed by atoms with E-state index in [0.717, 1.165) is 5.56 Å². The molecule has 1 N–H and O–H groups in total. The molecule has 116 valence electrons. The van der Waals surface area contributed by atoms with Crippen LogP contribution in [0.2, 0.25) is 0 Å². The monoisotopic (exact) mass is 309 g/mol. The summed E-state index contributed by atoms with van der Waals surface area (Å²) < 4.78 is 16.2. The molecule has 1 fully saturated rings. The summed E-state index contributed by atoms with van der Waals surface area (Å²) in [4.78, 5) is 0.691. The molecule has 0 amide bonds. The quantitative estimate of drug-likeness (QED) is 0.845. The van der Waals surface area contributed by atoms with E-state index in [1.807, 2.05) is 6.07 Å². The largest absolute Gasteiger partial charge is 0.497 e. The lowest BCUT2D eigenvalue weighted by Gasteiger charge is -2.25. The third-order valence-electron chi connectivity index (χ3n) is 3.87. The topological polar surface area (TPSA) is 39.7 Å². The normalized spacial score (nSPS) is 15.4. The molecule has 0 spiro atoms. The molecule has 1 aliphatic rings. The highest BCUT2D eigenvalue weighted by Gasteiger charge is 2.20. The standard InChI is InChI=1S/C16H23NO3S/c1-18-12-9-13(15(20-3)14(10-12)19-2)16(21)17-11-7-5-4-6-8-11/h9-11H,4-8H2,1-3H3,(H,17,21). The molecule has 0 heterocycles. The smallest absolute Gasteiger partial charge is 0.171 e. The first-order valence-corrected chi connectivity index (χ1v) is 7.71. The van der Waals surface area contributed by atoms with E-state index in [0.29, 0.717) is 28.3 Å². The number of thiocarbonyl (C=S) groups is 1. The van der Waals surface area contributed by atoms with Crippen molar-refractivity contribution in [1.82, 2.24) is 5.32 Å². The number of hydrogen-bond donors (Lipinski definition) is 1. The van der Waals surface area contributed by atoms with Gasteiger partial charge in [0.2, 0.25) is 0 Å². The fraction of sp³-hybridized carbons (Fsp3) is 0.562. The van der Waals surface area contributed by atoms with Crippen LogP contribution in [-0.4, -0.2) is 32.4 Å². The van der Waals surface area contributed by atoms with Crippen LogP contribution in [0, 0.1) is 0 Å². The second kappa shape index (κ2) is 7.50. The van der Waals surface area contributed by atoms with E-state index in [1.54, 1.807) is 27.4 Å². The number of hydrogen-bond acceptors (Lipinski definition) is 4. The van der Waals surface area contributed by atoms with Crippen molar-refractivity contribution >= 4 is 17.2 Å². The van der Waals surface area contributed by atoms with Crippen LogP contribution in [0.5, 0.6) is 17.2 Å². The molecule has 0 aliphatic heterocycles. The Hall–Kier alpha value is -1.49. The van der Waals surface area contributed by atoms with Gasteiger partial charge < -0.3 is 19.5 Å². The van der Waals surface area contributed by atoms with Gasteiger partial charge in [-0.15, -0.1) is 0 Å². The van der Waals surface area contributed by atoms with Crippen LogP contribution in [0.15, 0.2) is 12.1 Å². The summed E-state index contributed by atoms with van der Waals surface area (Å²) >= 11 is 5.57. The van der Waals surface area contributed by atoms with E-state index < -0.39 is 0 Å². The van der Waals surface area contributed by atoms with E-state index in [-0.39, 0.29) is 0 Å². The molecule has 0 atom stereocenters. The Bertz CT molecular complexity index is 499. The van der Waals surface area contributed by atoms with Gasteiger partial charge in [-0.2, -0.15) is 0 Å². The molecule has 5 heteroatoms. The van der Waals surface area contributed by atoms with E-state index in [4.69, 9.17) is 26.4 Å². The number of methoxy groups -OCH3 is 3. The Morgan fingerprint density at radius 3 is 2.33 bits per heavy atom. The van der Waals surface area contributed by atoms with Crippen LogP contribution in [0.3, 0.4) is 0 Å². The molecular weight excluding hydrogens is 286 g/mol. The average molecular weight is 309 g/mol. The maximum Gasteiger partial charge on any atom is 0.171 e. The van der Waals surface area contributed by atoms with Crippen molar-refractivity contribution in [1.29, 1.82) is 0 Å². The highest BCUT2D eigenvalue weighted by atomic mass is 32.1. The van der Waals surface area contributed by atoms with Crippen LogP contribution in [0.1, 0.15) is 37.7 Å². The minimum Gasteiger partial charge on any atom is -0.497 e. The predicted molar refractivity (Wildman–Crippen MR) is 87.8 cm³/mol. The Kier molecular flexibility index (Phi) is 5.67. The van der Waals surface area contributed by atoms with Gasteiger partial charge in [0.25, 0.3) is 0 Å². The highest BCUT2D eigenvalue weighted by molar-refractivity contribution is 7.80. The van der Waals surface area contributed by atoms with E-state index in [9.17, 15) is 0 Å². The molecule has 4 nitrogen and oxygen atoms in total. The Morgan fingerprint density at radius 2 is 1.76 bits per heavy atom. The molecule has 0 radical (unpaired) electrons. The zero-order valence-corrected chi connectivity index (χ0v) is 13.7. The molecule has 0 unspecified atom stereocenters. The Balaban J connectivity index is 2.25. The predicted octanol–water partition coefficient (Wildman–Crippen LogP) is 3.31. The zero-order chi connectivity index (χ0) is 15.2. The Morgan fingerprint density at radius 1 is 1.05 bits per heavy atom. The maximum absolute atomic E-state index is 5.57. The van der Waals surface area contributed by atoms with Gasteiger partial charge in [0, 0.05) is 12.1 Å². The van der Waals surface area contributed by atoms with Crippen molar-refractivity contribution in [3.8, 4) is 17.2 Å². The third kappa shape index (κ3) is 3.79. The van der Waals surface area contributed by atoms with E-state index >= 15 is 0 Å². The van der Waals surface area contributed by atoms with Gasteiger partial charge in [0.05, 0.1) is 26.9 Å². The van der Waals surface area contributed by atoms with Crippen LogP contribution in [0.25, 0.3) is 0 Å². The molecule has 1 aromatic rings. The summed E-state index contributed by atoms with van der Waals surface area (Å²) in [5.74, 6) is 1.97. The number of benzene rings is 1. The second-order valence-electron chi connectivity index (χ2n) is 5.22. The van der Waals surface area contributed by atoms with Crippen molar-refractivity contribution in [2.24, 2.45) is 0 Å². The summed E-state index contributed by atoms with van der Waals surface area (Å²) in [5.41, 5.74) is 0.814. The molecule has 1 aliphatic carbocycles. The summed E-state index contributed by atoms with van der Waals surface area (Å²) in [6.45, 7) is 0. The minimum absolute atomic E-state index is 0.452. The Labute approximate surface area is 131 Å². The van der Waals surface area contributed by atoms with Gasteiger partial charge in [0.15, 0.2) is 11.5 Å². The van der Waals surface area contributed by atoms with E-state index in [1.165, 1.54) is 32.1 Å². The molecule has 0 saturated heterocycles. The van der Waals surface area contributed by atoms with Gasteiger partial charge in [0.1, 0.15) is 10.7 Å². The number of nitrogens with one attached hydrogen (secondary N) is 1. The maximum atomic E-state index is 5.57. The molecule has 2 rings (SSSR count). The van der Waals surface area contributed by atoms with Crippen LogP contribution in [-0.2, 0) is 0 Å². The van der Waals surface area contributed by atoms with Crippen molar-refractivity contribution in [3.05, 3.63) is 17.7 Å². The highest BCUT2D eigenvalue weighted by Crippen LogP contribution is 2.36. The molecule has 1 saturated carbocycles. The van der Waals surface area contributed by atoms with Crippen molar-refractivity contribution < 1.29 is 14.2 Å². The van der Waals surface area contributed by atoms with Gasteiger partial charge in [-0.3, -0.25) is 0 Å². The van der Waals surface area contributed by atoms with Crippen molar-refractivity contribution in [2.75, 3.05) is 21.3 Å². The first-order valence-electron chi connectivity index (χ1n) is 7.30. The van der Waals surface area contributed by atoms with Crippen LogP contribution < -0.4 is 19.5 Å². The van der Waals surface area contributed by atoms with Gasteiger partial charge in [-0.1, -0.05) is 31.5 Å². The SMILES string of the molecule is COc1cc(OC)c(OC)c(C(=S)NC2CCCCC2)c1. The fourth-order valence-electron chi connectivity index (χ4n) is 2.74. The fourth-order valence-corrected chi connectivity index (χ4v) is 3.05. The molecule has 0 aromatic heterocycles. The number of rotatable bonds is 5. The zero-order valence-electron chi connectivity index (χ0n) is 12.9. The molecular formula is C16H23NO3S. The van der Waals surface area contributed by atoms with Crippen LogP contribution in [0.4, 0.5) is 0 Å². The second-order valence-corrected chi connectivity index (χ2v) is 5.63. The number of ether oxygens (including phenoxy) is 3. The van der Waals surface area contributed by atoms with Gasteiger partial charge >= 0.3 is 0 Å². The average Bonchev–Trinajstić information content (AvgIpc) is 2.54. The van der Waals surface area contributed by atoms with Crippen molar-refractivity contribution in [2.45, 2.75) is 38.1 Å². The van der Waals surface area contributed by atoms with Gasteiger partial charge in [-0.05, 0) is 18.9 Å². The molecule has 0 bridgehead atoms. The summed E-state index contributed by atoms with van der Waals surface area (Å²) in [5, 5.41) is 3.45. The lowest BCUT2D eigenvalue weighted by atomic mass is 9.95. The first kappa shape index (κ1) is 15.9. The van der Waals surface area contributed by atoms with Crippen molar-refractivity contribution in [3.63, 3.8) is 0 Å². The molecule has 1 aromatic carbocycles. The summed E-state index contributed by atoms with van der Waals surface area (Å²) in [6.07, 6.45) is 6.19. The first-order chi connectivity index (χ1) is 10.2. The lowest BCUT2D eigenvalue weighted by Crippen LogP contribution is -2.35. The third-order valence-corrected chi connectivity index (χ3v) is 4.21.